The van der Waals surface area contributed by atoms with Crippen molar-refractivity contribution in [3.8, 4) is 0 Å². The summed E-state index contributed by atoms with van der Waals surface area (Å²) in [6.07, 6.45) is 1.17. The molecule has 2 N–H and O–H groups in total. The quantitative estimate of drug-likeness (QED) is 0.871. The van der Waals surface area contributed by atoms with Gasteiger partial charge in [0.2, 0.25) is 0 Å². The van der Waals surface area contributed by atoms with E-state index in [1.54, 1.807) is 6.92 Å². The van der Waals surface area contributed by atoms with E-state index in [-0.39, 0.29) is 6.61 Å². The van der Waals surface area contributed by atoms with Gasteiger partial charge in [-0.25, -0.2) is 0 Å². The summed E-state index contributed by atoms with van der Waals surface area (Å²) in [7, 11) is 0. The topological polar surface area (TPSA) is 40.5 Å². The van der Waals surface area contributed by atoms with Crippen molar-refractivity contribution in [1.82, 2.24) is 0 Å². The fourth-order valence-corrected chi connectivity index (χ4v) is 2.17. The van der Waals surface area contributed by atoms with Crippen LogP contribution in [0.25, 0.3) is 0 Å². The molecule has 0 aliphatic carbocycles. The predicted octanol–water partition coefficient (Wildman–Crippen LogP) is 2.43. The highest BCUT2D eigenvalue weighted by molar-refractivity contribution is 9.10. The number of aliphatic hydroxyl groups excluding tert-OH is 1. The molecule has 0 aliphatic heterocycles. The van der Waals surface area contributed by atoms with Gasteiger partial charge in [0.15, 0.2) is 0 Å². The van der Waals surface area contributed by atoms with E-state index in [2.05, 4.69) is 15.9 Å². The molecule has 1 aromatic carbocycles. The predicted molar refractivity (Wildman–Crippen MR) is 60.0 cm³/mol. The van der Waals surface area contributed by atoms with Crippen molar-refractivity contribution in [3.63, 3.8) is 0 Å². The summed E-state index contributed by atoms with van der Waals surface area (Å²) >= 11 is 3.40. The van der Waals surface area contributed by atoms with E-state index in [1.165, 1.54) is 0 Å². The third-order valence-electron chi connectivity index (χ3n) is 2.28. The first-order chi connectivity index (χ1) is 6.58. The maximum atomic E-state index is 10.2. The highest BCUT2D eigenvalue weighted by Gasteiger charge is 2.24. The van der Waals surface area contributed by atoms with Gasteiger partial charge in [0.25, 0.3) is 0 Å². The standard InChI is InChI=1S/C11H15BrO2/c1-11(14,7-4-8-13)9-5-2-3-6-10(9)12/h2-3,5-6,13-14H,4,7-8H2,1H3. The number of rotatable bonds is 4. The molecular formula is C11H15BrO2. The maximum absolute atomic E-state index is 10.2. The minimum Gasteiger partial charge on any atom is -0.396 e. The molecule has 0 heterocycles. The van der Waals surface area contributed by atoms with Gasteiger partial charge in [-0.1, -0.05) is 34.1 Å². The Morgan fingerprint density at radius 3 is 2.57 bits per heavy atom. The molecule has 0 bridgehead atoms. The zero-order chi connectivity index (χ0) is 10.6. The lowest BCUT2D eigenvalue weighted by Gasteiger charge is -2.24. The Morgan fingerprint density at radius 2 is 2.00 bits per heavy atom. The lowest BCUT2D eigenvalue weighted by Crippen LogP contribution is -2.22. The van der Waals surface area contributed by atoms with Crippen LogP contribution in [0.15, 0.2) is 28.7 Å². The molecule has 78 valence electrons. The van der Waals surface area contributed by atoms with Crippen LogP contribution in [0.1, 0.15) is 25.3 Å². The summed E-state index contributed by atoms with van der Waals surface area (Å²) in [6.45, 7) is 1.88. The molecule has 0 radical (unpaired) electrons. The number of benzene rings is 1. The van der Waals surface area contributed by atoms with Crippen LogP contribution < -0.4 is 0 Å². The molecule has 0 aliphatic rings. The monoisotopic (exact) mass is 258 g/mol. The molecule has 3 heteroatoms. The lowest BCUT2D eigenvalue weighted by molar-refractivity contribution is 0.0396. The fraction of sp³-hybridized carbons (Fsp3) is 0.455. The molecule has 0 spiro atoms. The smallest absolute Gasteiger partial charge is 0.0880 e. The molecule has 0 fully saturated rings. The molecule has 0 saturated heterocycles. The van der Waals surface area contributed by atoms with Gasteiger partial charge in [0.05, 0.1) is 5.60 Å². The van der Waals surface area contributed by atoms with Gasteiger partial charge in [-0.15, -0.1) is 0 Å². The SMILES string of the molecule is CC(O)(CCCO)c1ccccc1Br. The van der Waals surface area contributed by atoms with E-state index in [0.29, 0.717) is 12.8 Å². The third-order valence-corrected chi connectivity index (χ3v) is 2.97. The summed E-state index contributed by atoms with van der Waals surface area (Å²) in [5.74, 6) is 0. The Kier molecular flexibility index (Phi) is 4.11. The Morgan fingerprint density at radius 1 is 1.36 bits per heavy atom. The van der Waals surface area contributed by atoms with Crippen molar-refractivity contribution < 1.29 is 10.2 Å². The van der Waals surface area contributed by atoms with E-state index < -0.39 is 5.60 Å². The summed E-state index contributed by atoms with van der Waals surface area (Å²) in [5.41, 5.74) is -0.00326. The van der Waals surface area contributed by atoms with E-state index in [4.69, 9.17) is 5.11 Å². The average molecular weight is 259 g/mol. The average Bonchev–Trinajstić information content (AvgIpc) is 2.15. The first kappa shape index (κ1) is 11.7. The molecule has 1 aromatic rings. The first-order valence-corrected chi connectivity index (χ1v) is 5.45. The van der Waals surface area contributed by atoms with Gasteiger partial charge in [-0.3, -0.25) is 0 Å². The number of hydrogen-bond donors (Lipinski definition) is 2. The zero-order valence-corrected chi connectivity index (χ0v) is 9.79. The highest BCUT2D eigenvalue weighted by atomic mass is 79.9. The Balaban J connectivity index is 2.86. The second-order valence-corrected chi connectivity index (χ2v) is 4.44. The van der Waals surface area contributed by atoms with Crippen LogP contribution >= 0.6 is 15.9 Å². The van der Waals surface area contributed by atoms with Crippen molar-refractivity contribution in [2.24, 2.45) is 0 Å². The first-order valence-electron chi connectivity index (χ1n) is 4.66. The Labute approximate surface area is 92.7 Å². The van der Waals surface area contributed by atoms with Crippen LogP contribution in [0.4, 0.5) is 0 Å². The molecular weight excluding hydrogens is 244 g/mol. The lowest BCUT2D eigenvalue weighted by atomic mass is 9.91. The minimum absolute atomic E-state index is 0.112. The van der Waals surface area contributed by atoms with Crippen molar-refractivity contribution in [3.05, 3.63) is 34.3 Å². The van der Waals surface area contributed by atoms with Crippen LogP contribution in [-0.2, 0) is 5.60 Å². The normalized spacial score (nSPS) is 15.1. The molecule has 0 aromatic heterocycles. The molecule has 0 amide bonds. The third kappa shape index (κ3) is 2.80. The largest absolute Gasteiger partial charge is 0.396 e. The van der Waals surface area contributed by atoms with E-state index in [0.717, 1.165) is 10.0 Å². The summed E-state index contributed by atoms with van der Waals surface area (Å²) in [5, 5.41) is 18.9. The highest BCUT2D eigenvalue weighted by Crippen LogP contribution is 2.31. The van der Waals surface area contributed by atoms with E-state index in [9.17, 15) is 5.11 Å². The maximum Gasteiger partial charge on any atom is 0.0880 e. The van der Waals surface area contributed by atoms with Crippen LogP contribution in [0.5, 0.6) is 0 Å². The molecule has 1 atom stereocenters. The van der Waals surface area contributed by atoms with Gasteiger partial charge in [0, 0.05) is 11.1 Å². The molecule has 0 saturated carbocycles. The van der Waals surface area contributed by atoms with Crippen LogP contribution in [-0.4, -0.2) is 16.8 Å². The summed E-state index contributed by atoms with van der Waals surface area (Å²) < 4.78 is 0.905. The van der Waals surface area contributed by atoms with Crippen molar-refractivity contribution in [1.29, 1.82) is 0 Å². The van der Waals surface area contributed by atoms with Crippen LogP contribution in [0, 0.1) is 0 Å². The van der Waals surface area contributed by atoms with Crippen LogP contribution in [0.2, 0.25) is 0 Å². The molecule has 14 heavy (non-hydrogen) atoms. The van der Waals surface area contributed by atoms with Crippen molar-refractivity contribution >= 4 is 15.9 Å². The van der Waals surface area contributed by atoms with Gasteiger partial charge in [0.1, 0.15) is 0 Å². The molecule has 1 rings (SSSR count). The Bertz CT molecular complexity index is 297. The number of hydrogen-bond acceptors (Lipinski definition) is 2. The number of aliphatic hydroxyl groups is 2. The van der Waals surface area contributed by atoms with Gasteiger partial charge < -0.3 is 10.2 Å². The van der Waals surface area contributed by atoms with Crippen LogP contribution in [0.3, 0.4) is 0 Å². The van der Waals surface area contributed by atoms with E-state index in [1.807, 2.05) is 24.3 Å². The Hall–Kier alpha value is -0.380. The van der Waals surface area contributed by atoms with Gasteiger partial charge in [-0.2, -0.15) is 0 Å². The number of halogens is 1. The van der Waals surface area contributed by atoms with E-state index >= 15 is 0 Å². The molecule has 2 nitrogen and oxygen atoms in total. The fourth-order valence-electron chi connectivity index (χ4n) is 1.46. The van der Waals surface area contributed by atoms with Gasteiger partial charge in [-0.05, 0) is 31.4 Å². The molecule has 1 unspecified atom stereocenters. The zero-order valence-electron chi connectivity index (χ0n) is 8.20. The minimum atomic E-state index is -0.872. The second-order valence-electron chi connectivity index (χ2n) is 3.58. The summed E-state index contributed by atoms with van der Waals surface area (Å²) in [6, 6.07) is 7.60. The summed E-state index contributed by atoms with van der Waals surface area (Å²) in [4.78, 5) is 0. The van der Waals surface area contributed by atoms with Gasteiger partial charge >= 0.3 is 0 Å². The van der Waals surface area contributed by atoms with Crippen molar-refractivity contribution in [2.75, 3.05) is 6.61 Å². The van der Waals surface area contributed by atoms with Crippen molar-refractivity contribution in [2.45, 2.75) is 25.4 Å². The second kappa shape index (κ2) is 4.91.